The van der Waals surface area contributed by atoms with Crippen LogP contribution in [0.15, 0.2) is 42.6 Å². The summed E-state index contributed by atoms with van der Waals surface area (Å²) in [7, 11) is 0. The molecule has 3 rings (SSSR count). The molecule has 0 atom stereocenters. The van der Waals surface area contributed by atoms with Gasteiger partial charge in [0.25, 0.3) is 0 Å². The molecule has 0 saturated heterocycles. The first-order valence-electron chi connectivity index (χ1n) is 9.10. The molecule has 0 bridgehead atoms. The van der Waals surface area contributed by atoms with Crippen LogP contribution < -0.4 is 5.32 Å². The summed E-state index contributed by atoms with van der Waals surface area (Å²) in [6.45, 7) is 9.29. The van der Waals surface area contributed by atoms with Crippen molar-refractivity contribution in [1.29, 1.82) is 0 Å². The molecule has 3 aromatic rings. The molecule has 0 unspecified atom stereocenters. The number of hydrogen-bond donors (Lipinski definition) is 1. The number of hydrogen-bond acceptors (Lipinski definition) is 3. The van der Waals surface area contributed by atoms with E-state index in [1.165, 1.54) is 0 Å². The molecule has 0 aliphatic heterocycles. The third kappa shape index (κ3) is 4.00. The maximum Gasteiger partial charge on any atom is 0.244 e. The van der Waals surface area contributed by atoms with Crippen molar-refractivity contribution in [2.75, 3.05) is 0 Å². The number of benzene rings is 1. The van der Waals surface area contributed by atoms with Gasteiger partial charge in [-0.15, -0.1) is 0 Å². The van der Waals surface area contributed by atoms with E-state index in [1.807, 2.05) is 67.4 Å². The lowest BCUT2D eigenvalue weighted by Crippen LogP contribution is -2.21. The minimum atomic E-state index is -0.134. The standard InChI is InChI=1S/C21H25N5O/c1-5-25-16(3)18(13-23-25)11-12-21(27)22-14-20-15(2)24-26(17(20)4)19-9-7-6-8-10-19/h6-13H,5,14H2,1-4H3,(H,22,27)/b12-11+. The molecule has 1 aromatic carbocycles. The van der Waals surface area contributed by atoms with Crippen LogP contribution in [0, 0.1) is 20.8 Å². The number of carbonyl (C=O) groups excluding carboxylic acids is 1. The van der Waals surface area contributed by atoms with E-state index in [0.717, 1.165) is 40.4 Å². The number of rotatable bonds is 6. The van der Waals surface area contributed by atoms with E-state index in [-0.39, 0.29) is 5.91 Å². The summed E-state index contributed by atoms with van der Waals surface area (Å²) >= 11 is 0. The van der Waals surface area contributed by atoms with Gasteiger partial charge in [0.15, 0.2) is 0 Å². The highest BCUT2D eigenvalue weighted by Crippen LogP contribution is 2.17. The average Bonchev–Trinajstić information content (AvgIpc) is 3.18. The highest BCUT2D eigenvalue weighted by Gasteiger charge is 2.13. The second-order valence-corrected chi connectivity index (χ2v) is 6.45. The Morgan fingerprint density at radius 3 is 2.56 bits per heavy atom. The van der Waals surface area contributed by atoms with E-state index in [4.69, 9.17) is 0 Å². The van der Waals surface area contributed by atoms with Crippen LogP contribution in [0.5, 0.6) is 0 Å². The number of amides is 1. The zero-order valence-electron chi connectivity index (χ0n) is 16.2. The predicted octanol–water partition coefficient (Wildman–Crippen LogP) is 3.34. The Balaban J connectivity index is 1.68. The normalized spacial score (nSPS) is 11.3. The molecular formula is C21H25N5O. The predicted molar refractivity (Wildman–Crippen MR) is 107 cm³/mol. The molecule has 6 heteroatoms. The van der Waals surface area contributed by atoms with Gasteiger partial charge in [-0.3, -0.25) is 9.48 Å². The van der Waals surface area contributed by atoms with E-state index >= 15 is 0 Å². The zero-order valence-corrected chi connectivity index (χ0v) is 16.2. The second kappa shape index (κ2) is 8.03. The molecule has 6 nitrogen and oxygen atoms in total. The van der Waals surface area contributed by atoms with E-state index in [1.54, 1.807) is 18.3 Å². The average molecular weight is 363 g/mol. The number of nitrogens with one attached hydrogen (secondary N) is 1. The molecule has 0 radical (unpaired) electrons. The van der Waals surface area contributed by atoms with Gasteiger partial charge in [0.1, 0.15) is 0 Å². The Morgan fingerprint density at radius 2 is 1.89 bits per heavy atom. The molecule has 0 spiro atoms. The topological polar surface area (TPSA) is 64.7 Å². The molecule has 140 valence electrons. The smallest absolute Gasteiger partial charge is 0.244 e. The lowest BCUT2D eigenvalue weighted by molar-refractivity contribution is -0.116. The summed E-state index contributed by atoms with van der Waals surface area (Å²) in [6, 6.07) is 9.99. The van der Waals surface area contributed by atoms with E-state index < -0.39 is 0 Å². The van der Waals surface area contributed by atoms with Gasteiger partial charge in [-0.1, -0.05) is 18.2 Å². The summed E-state index contributed by atoms with van der Waals surface area (Å²) in [5.74, 6) is -0.134. The Kier molecular flexibility index (Phi) is 5.54. The summed E-state index contributed by atoms with van der Waals surface area (Å²) in [5, 5.41) is 11.8. The number of aryl methyl sites for hydroxylation is 2. The quantitative estimate of drug-likeness (QED) is 0.683. The largest absolute Gasteiger partial charge is 0.348 e. The maximum atomic E-state index is 12.2. The van der Waals surface area contributed by atoms with Crippen LogP contribution in [0.1, 0.15) is 35.1 Å². The van der Waals surface area contributed by atoms with Gasteiger partial charge < -0.3 is 5.32 Å². The fourth-order valence-corrected chi connectivity index (χ4v) is 3.09. The first-order chi connectivity index (χ1) is 13.0. The van der Waals surface area contributed by atoms with Gasteiger partial charge in [0, 0.05) is 41.7 Å². The molecule has 1 amide bonds. The van der Waals surface area contributed by atoms with Crippen molar-refractivity contribution in [3.63, 3.8) is 0 Å². The molecule has 1 N–H and O–H groups in total. The molecular weight excluding hydrogens is 338 g/mol. The third-order valence-corrected chi connectivity index (χ3v) is 4.74. The minimum absolute atomic E-state index is 0.134. The van der Waals surface area contributed by atoms with Crippen LogP contribution in [-0.2, 0) is 17.9 Å². The lowest BCUT2D eigenvalue weighted by Gasteiger charge is -2.06. The van der Waals surface area contributed by atoms with Crippen LogP contribution in [0.25, 0.3) is 11.8 Å². The highest BCUT2D eigenvalue weighted by molar-refractivity contribution is 5.91. The van der Waals surface area contributed by atoms with E-state index in [2.05, 4.69) is 15.5 Å². The summed E-state index contributed by atoms with van der Waals surface area (Å²) in [4.78, 5) is 12.2. The van der Waals surface area contributed by atoms with Crippen molar-refractivity contribution in [3.8, 4) is 5.69 Å². The second-order valence-electron chi connectivity index (χ2n) is 6.45. The first kappa shape index (κ1) is 18.6. The molecule has 2 aromatic heterocycles. The van der Waals surface area contributed by atoms with Crippen LogP contribution >= 0.6 is 0 Å². The fourth-order valence-electron chi connectivity index (χ4n) is 3.09. The third-order valence-electron chi connectivity index (χ3n) is 4.74. The molecule has 2 heterocycles. The van der Waals surface area contributed by atoms with Crippen molar-refractivity contribution in [2.45, 2.75) is 40.8 Å². The molecule has 0 saturated carbocycles. The summed E-state index contributed by atoms with van der Waals surface area (Å²) < 4.78 is 3.82. The Labute approximate surface area is 159 Å². The van der Waals surface area contributed by atoms with E-state index in [9.17, 15) is 4.79 Å². The lowest BCUT2D eigenvalue weighted by atomic mass is 10.2. The van der Waals surface area contributed by atoms with Gasteiger partial charge >= 0.3 is 0 Å². The highest BCUT2D eigenvalue weighted by atomic mass is 16.1. The summed E-state index contributed by atoms with van der Waals surface area (Å²) in [6.07, 6.45) is 5.13. The molecule has 0 aliphatic rings. The number of nitrogens with zero attached hydrogens (tertiary/aromatic N) is 4. The molecule has 0 fully saturated rings. The van der Waals surface area contributed by atoms with Crippen molar-refractivity contribution in [1.82, 2.24) is 24.9 Å². The number of carbonyl (C=O) groups is 1. The minimum Gasteiger partial charge on any atom is -0.348 e. The Hall–Kier alpha value is -3.15. The van der Waals surface area contributed by atoms with Gasteiger partial charge in [0.05, 0.1) is 17.6 Å². The van der Waals surface area contributed by atoms with Gasteiger partial charge in [-0.05, 0) is 45.9 Å². The SMILES string of the molecule is CCn1ncc(/C=C/C(=O)NCc2c(C)nn(-c3ccccc3)c2C)c1C. The van der Waals surface area contributed by atoms with Crippen molar-refractivity contribution < 1.29 is 4.79 Å². The van der Waals surface area contributed by atoms with Crippen LogP contribution in [0.2, 0.25) is 0 Å². The zero-order chi connectivity index (χ0) is 19.4. The van der Waals surface area contributed by atoms with Crippen LogP contribution in [0.4, 0.5) is 0 Å². The Morgan fingerprint density at radius 1 is 1.15 bits per heavy atom. The van der Waals surface area contributed by atoms with Gasteiger partial charge in [0.2, 0.25) is 5.91 Å². The van der Waals surface area contributed by atoms with Crippen molar-refractivity contribution in [2.24, 2.45) is 0 Å². The van der Waals surface area contributed by atoms with Gasteiger partial charge in [-0.25, -0.2) is 4.68 Å². The van der Waals surface area contributed by atoms with Crippen LogP contribution in [-0.4, -0.2) is 25.5 Å². The van der Waals surface area contributed by atoms with Crippen molar-refractivity contribution >= 4 is 12.0 Å². The van der Waals surface area contributed by atoms with Gasteiger partial charge in [-0.2, -0.15) is 10.2 Å². The number of para-hydroxylation sites is 1. The maximum absolute atomic E-state index is 12.2. The Bertz CT molecular complexity index is 966. The van der Waals surface area contributed by atoms with E-state index in [0.29, 0.717) is 6.54 Å². The fraction of sp³-hybridized carbons (Fsp3) is 0.286. The number of aromatic nitrogens is 4. The monoisotopic (exact) mass is 363 g/mol. The molecule has 0 aliphatic carbocycles. The van der Waals surface area contributed by atoms with Crippen molar-refractivity contribution in [3.05, 3.63) is 70.8 Å². The van der Waals surface area contributed by atoms with Crippen LogP contribution in [0.3, 0.4) is 0 Å². The first-order valence-corrected chi connectivity index (χ1v) is 9.10. The molecule has 27 heavy (non-hydrogen) atoms. The summed E-state index contributed by atoms with van der Waals surface area (Å²) in [5.41, 5.74) is 6.01.